The van der Waals surface area contributed by atoms with Gasteiger partial charge in [-0.15, -0.1) is 0 Å². The first-order valence-electron chi connectivity index (χ1n) is 9.74. The molecule has 5 nitrogen and oxygen atoms in total. The molecular formula is C24H20BrNO4S. The quantitative estimate of drug-likeness (QED) is 0.377. The molecule has 0 spiro atoms. The average Bonchev–Trinajstić information content (AvgIpc) is 3.03. The van der Waals surface area contributed by atoms with Gasteiger partial charge in [-0.3, -0.25) is 14.5 Å². The van der Waals surface area contributed by atoms with E-state index in [1.54, 1.807) is 25.3 Å². The number of rotatable bonds is 6. The number of ether oxygens (including phenoxy) is 2. The Kier molecular flexibility index (Phi) is 6.34. The molecule has 0 saturated carbocycles. The molecule has 3 aromatic carbocycles. The summed E-state index contributed by atoms with van der Waals surface area (Å²) in [4.78, 5) is 27.3. The van der Waals surface area contributed by atoms with E-state index in [1.807, 2.05) is 49.4 Å². The Morgan fingerprint density at radius 3 is 2.61 bits per heavy atom. The molecule has 1 fully saturated rings. The van der Waals surface area contributed by atoms with Crippen LogP contribution in [0.4, 0.5) is 4.79 Å². The second-order valence-electron chi connectivity index (χ2n) is 6.86. The Hall–Kier alpha value is -2.77. The van der Waals surface area contributed by atoms with Crippen molar-refractivity contribution in [3.8, 4) is 11.5 Å². The second-order valence-corrected chi connectivity index (χ2v) is 8.71. The highest BCUT2D eigenvalue weighted by Gasteiger charge is 2.35. The molecule has 0 radical (unpaired) electrons. The Balaban J connectivity index is 1.63. The van der Waals surface area contributed by atoms with Crippen LogP contribution >= 0.6 is 27.7 Å². The van der Waals surface area contributed by atoms with Crippen LogP contribution in [0, 0.1) is 0 Å². The second kappa shape index (κ2) is 9.16. The van der Waals surface area contributed by atoms with E-state index >= 15 is 0 Å². The smallest absolute Gasteiger partial charge is 0.293 e. The molecule has 7 heteroatoms. The number of hydrogen-bond donors (Lipinski definition) is 0. The zero-order valence-electron chi connectivity index (χ0n) is 17.1. The van der Waals surface area contributed by atoms with E-state index in [4.69, 9.17) is 9.47 Å². The van der Waals surface area contributed by atoms with Crippen molar-refractivity contribution < 1.29 is 19.1 Å². The number of carbonyl (C=O) groups excluding carboxylic acids is 2. The number of hydrogen-bond acceptors (Lipinski definition) is 5. The summed E-state index contributed by atoms with van der Waals surface area (Å²) in [6.07, 6.45) is 1.70. The van der Waals surface area contributed by atoms with E-state index < -0.39 is 0 Å². The fourth-order valence-corrected chi connectivity index (χ4v) is 4.73. The Morgan fingerprint density at radius 1 is 1.06 bits per heavy atom. The van der Waals surface area contributed by atoms with E-state index in [9.17, 15) is 9.59 Å². The molecule has 158 valence electrons. The molecule has 0 N–H and O–H groups in total. The first-order chi connectivity index (χ1) is 15.0. The number of imide groups is 1. The van der Waals surface area contributed by atoms with Gasteiger partial charge < -0.3 is 9.47 Å². The van der Waals surface area contributed by atoms with Crippen LogP contribution in [0.1, 0.15) is 18.1 Å². The highest BCUT2D eigenvalue weighted by molar-refractivity contribution is 9.10. The van der Waals surface area contributed by atoms with Gasteiger partial charge in [-0.25, -0.2) is 0 Å². The number of benzene rings is 3. The standard InChI is InChI=1S/C24H20BrNO4S/c1-3-30-21-13-19(25)17(11-20(21)29-2)12-22-23(27)26(24(28)31-22)14-16-9-6-8-15-7-4-5-10-18(15)16/h4-13H,3,14H2,1-2H3/b22-12-. The molecule has 0 aliphatic carbocycles. The van der Waals surface area contributed by atoms with Crippen LogP contribution in [0.5, 0.6) is 11.5 Å². The van der Waals surface area contributed by atoms with Crippen molar-refractivity contribution in [3.63, 3.8) is 0 Å². The maximum Gasteiger partial charge on any atom is 0.293 e. The summed E-state index contributed by atoms with van der Waals surface area (Å²) in [5.74, 6) is 0.868. The third-order valence-corrected chi connectivity index (χ3v) is 6.55. The van der Waals surface area contributed by atoms with Crippen molar-refractivity contribution >= 4 is 55.7 Å². The molecule has 0 atom stereocenters. The van der Waals surface area contributed by atoms with E-state index in [-0.39, 0.29) is 17.7 Å². The monoisotopic (exact) mass is 497 g/mol. The van der Waals surface area contributed by atoms with Gasteiger partial charge in [-0.05, 0) is 58.8 Å². The molecule has 1 heterocycles. The Bertz CT molecular complexity index is 1200. The summed E-state index contributed by atoms with van der Waals surface area (Å²) in [5, 5.41) is 1.83. The summed E-state index contributed by atoms with van der Waals surface area (Å²) < 4.78 is 11.7. The van der Waals surface area contributed by atoms with Gasteiger partial charge in [-0.1, -0.05) is 58.4 Å². The maximum atomic E-state index is 13.0. The number of nitrogens with zero attached hydrogens (tertiary/aromatic N) is 1. The summed E-state index contributed by atoms with van der Waals surface area (Å²) in [6.45, 7) is 2.64. The third-order valence-electron chi connectivity index (χ3n) is 4.95. The van der Waals surface area contributed by atoms with Crippen LogP contribution in [0.2, 0.25) is 0 Å². The summed E-state index contributed by atoms with van der Waals surface area (Å²) in [6, 6.07) is 17.4. The van der Waals surface area contributed by atoms with E-state index in [1.165, 1.54) is 4.90 Å². The lowest BCUT2D eigenvalue weighted by Gasteiger charge is -2.14. The van der Waals surface area contributed by atoms with Crippen LogP contribution in [-0.4, -0.2) is 29.8 Å². The zero-order chi connectivity index (χ0) is 22.0. The summed E-state index contributed by atoms with van der Waals surface area (Å²) in [7, 11) is 1.56. The van der Waals surface area contributed by atoms with Crippen LogP contribution in [0.25, 0.3) is 16.8 Å². The average molecular weight is 498 g/mol. The first kappa shape index (κ1) is 21.5. The fourth-order valence-electron chi connectivity index (χ4n) is 3.47. The molecule has 1 saturated heterocycles. The van der Waals surface area contributed by atoms with Gasteiger partial charge in [0.25, 0.3) is 11.1 Å². The molecule has 1 aliphatic heterocycles. The minimum atomic E-state index is -0.303. The van der Waals surface area contributed by atoms with Crippen molar-refractivity contribution in [1.29, 1.82) is 0 Å². The lowest BCUT2D eigenvalue weighted by Crippen LogP contribution is -2.27. The molecular weight excluding hydrogens is 478 g/mol. The highest BCUT2D eigenvalue weighted by Crippen LogP contribution is 2.38. The maximum absolute atomic E-state index is 13.0. The topological polar surface area (TPSA) is 55.8 Å². The number of halogens is 1. The first-order valence-corrected chi connectivity index (χ1v) is 11.3. The predicted molar refractivity (Wildman–Crippen MR) is 127 cm³/mol. The number of thioether (sulfide) groups is 1. The van der Waals surface area contributed by atoms with E-state index in [0.29, 0.717) is 23.0 Å². The molecule has 0 aromatic heterocycles. The highest BCUT2D eigenvalue weighted by atomic mass is 79.9. The number of fused-ring (bicyclic) bond motifs is 1. The lowest BCUT2D eigenvalue weighted by atomic mass is 10.0. The summed E-state index contributed by atoms with van der Waals surface area (Å²) >= 11 is 4.46. The lowest BCUT2D eigenvalue weighted by molar-refractivity contribution is -0.123. The number of methoxy groups -OCH3 is 1. The minimum absolute atomic E-state index is 0.233. The number of amides is 2. The SMILES string of the molecule is CCOc1cc(Br)c(/C=C2\SC(=O)N(Cc3cccc4ccccc34)C2=O)cc1OC. The van der Waals surface area contributed by atoms with Crippen LogP contribution in [0.15, 0.2) is 64.0 Å². The van der Waals surface area contributed by atoms with Gasteiger partial charge in [-0.2, -0.15) is 0 Å². The largest absolute Gasteiger partial charge is 0.493 e. The third kappa shape index (κ3) is 4.34. The molecule has 3 aromatic rings. The fraction of sp³-hybridized carbons (Fsp3) is 0.167. The van der Waals surface area contributed by atoms with Crippen molar-refractivity contribution in [2.45, 2.75) is 13.5 Å². The Morgan fingerprint density at radius 2 is 1.84 bits per heavy atom. The minimum Gasteiger partial charge on any atom is -0.493 e. The molecule has 0 bridgehead atoms. The van der Waals surface area contributed by atoms with Crippen LogP contribution < -0.4 is 9.47 Å². The predicted octanol–water partition coefficient (Wildman–Crippen LogP) is 6.25. The van der Waals surface area contributed by atoms with Gasteiger partial charge in [0, 0.05) is 4.47 Å². The van der Waals surface area contributed by atoms with Gasteiger partial charge in [0.05, 0.1) is 25.2 Å². The molecule has 31 heavy (non-hydrogen) atoms. The summed E-state index contributed by atoms with van der Waals surface area (Å²) in [5.41, 5.74) is 1.67. The molecule has 0 unspecified atom stereocenters. The van der Waals surface area contributed by atoms with Gasteiger partial charge in [0.15, 0.2) is 11.5 Å². The zero-order valence-corrected chi connectivity index (χ0v) is 19.5. The Labute approximate surface area is 193 Å². The molecule has 2 amide bonds. The van der Waals surface area contributed by atoms with Crippen molar-refractivity contribution in [3.05, 3.63) is 75.1 Å². The van der Waals surface area contributed by atoms with Crippen molar-refractivity contribution in [1.82, 2.24) is 4.90 Å². The number of carbonyl (C=O) groups is 2. The van der Waals surface area contributed by atoms with Crippen LogP contribution in [0.3, 0.4) is 0 Å². The van der Waals surface area contributed by atoms with E-state index in [0.717, 1.165) is 38.1 Å². The van der Waals surface area contributed by atoms with Gasteiger partial charge in [0.1, 0.15) is 0 Å². The van der Waals surface area contributed by atoms with E-state index in [2.05, 4.69) is 15.9 Å². The van der Waals surface area contributed by atoms with Gasteiger partial charge in [0.2, 0.25) is 0 Å². The molecule has 4 rings (SSSR count). The van der Waals surface area contributed by atoms with Crippen molar-refractivity contribution in [2.75, 3.05) is 13.7 Å². The molecule has 1 aliphatic rings. The van der Waals surface area contributed by atoms with Gasteiger partial charge >= 0.3 is 0 Å². The normalized spacial score (nSPS) is 15.2. The van der Waals surface area contributed by atoms with Crippen LogP contribution in [-0.2, 0) is 11.3 Å². The van der Waals surface area contributed by atoms with Crippen molar-refractivity contribution in [2.24, 2.45) is 0 Å².